The summed E-state index contributed by atoms with van der Waals surface area (Å²) < 4.78 is 5.20. The van der Waals surface area contributed by atoms with Gasteiger partial charge in [-0.15, -0.1) is 0 Å². The molecule has 0 bridgehead atoms. The van der Waals surface area contributed by atoms with Crippen LogP contribution < -0.4 is 0 Å². The van der Waals surface area contributed by atoms with Gasteiger partial charge >= 0.3 is 0 Å². The van der Waals surface area contributed by atoms with E-state index in [2.05, 4.69) is 15.9 Å². The minimum Gasteiger partial charge on any atom is -0.472 e. The van der Waals surface area contributed by atoms with Gasteiger partial charge in [-0.2, -0.15) is 0 Å². The van der Waals surface area contributed by atoms with Crippen molar-refractivity contribution < 1.29 is 9.21 Å². The van der Waals surface area contributed by atoms with Crippen LogP contribution in [0, 0.1) is 11.8 Å². The van der Waals surface area contributed by atoms with Crippen molar-refractivity contribution >= 4 is 5.91 Å². The second-order valence-corrected chi connectivity index (χ2v) is 8.07. The quantitative estimate of drug-likeness (QED) is 0.845. The number of nitrogens with zero attached hydrogens (tertiary/aromatic N) is 2. The first-order valence-electron chi connectivity index (χ1n) is 9.82. The van der Waals surface area contributed by atoms with Crippen molar-refractivity contribution in [3.05, 3.63) is 24.2 Å². The molecule has 1 aromatic heterocycles. The Labute approximate surface area is 145 Å². The van der Waals surface area contributed by atoms with E-state index >= 15 is 0 Å². The molecule has 0 radical (unpaired) electrons. The van der Waals surface area contributed by atoms with Crippen LogP contribution >= 0.6 is 0 Å². The first-order chi connectivity index (χ1) is 11.8. The van der Waals surface area contributed by atoms with E-state index in [1.807, 2.05) is 6.26 Å². The number of hydrogen-bond donors (Lipinski definition) is 0. The molecule has 4 rings (SSSR count). The average Bonchev–Trinajstić information content (AvgIpc) is 3.11. The summed E-state index contributed by atoms with van der Waals surface area (Å²) in [5.41, 5.74) is 1.26. The number of amides is 1. The Hall–Kier alpha value is -1.29. The predicted octanol–water partition coefficient (Wildman–Crippen LogP) is 3.67. The van der Waals surface area contributed by atoms with Gasteiger partial charge in [0.2, 0.25) is 5.91 Å². The Morgan fingerprint density at radius 1 is 1.12 bits per heavy atom. The van der Waals surface area contributed by atoms with E-state index in [1.54, 1.807) is 6.26 Å². The minimum atomic E-state index is 0.421. The van der Waals surface area contributed by atoms with Crippen molar-refractivity contribution in [2.24, 2.45) is 11.8 Å². The van der Waals surface area contributed by atoms with Crippen LogP contribution in [0.2, 0.25) is 0 Å². The van der Waals surface area contributed by atoms with Gasteiger partial charge in [-0.05, 0) is 43.6 Å². The van der Waals surface area contributed by atoms with Crippen LogP contribution in [-0.2, 0) is 11.3 Å². The lowest BCUT2D eigenvalue weighted by atomic mass is 9.81. The molecule has 3 heterocycles. The zero-order valence-corrected chi connectivity index (χ0v) is 14.7. The van der Waals surface area contributed by atoms with Gasteiger partial charge in [0.15, 0.2) is 0 Å². The van der Waals surface area contributed by atoms with Crippen LogP contribution in [-0.4, -0.2) is 41.4 Å². The van der Waals surface area contributed by atoms with E-state index in [0.717, 1.165) is 51.4 Å². The second-order valence-electron chi connectivity index (χ2n) is 8.07. The van der Waals surface area contributed by atoms with Gasteiger partial charge in [-0.3, -0.25) is 9.69 Å². The molecule has 3 fully saturated rings. The average molecular weight is 330 g/mol. The molecular formula is C20H30N2O2. The first-order valence-corrected chi connectivity index (χ1v) is 9.82. The van der Waals surface area contributed by atoms with Gasteiger partial charge < -0.3 is 9.32 Å². The van der Waals surface area contributed by atoms with Crippen LogP contribution in [0.3, 0.4) is 0 Å². The van der Waals surface area contributed by atoms with Crippen molar-refractivity contribution in [1.29, 1.82) is 0 Å². The van der Waals surface area contributed by atoms with Gasteiger partial charge in [-0.1, -0.05) is 19.3 Å². The summed E-state index contributed by atoms with van der Waals surface area (Å²) >= 11 is 0. The fourth-order valence-electron chi connectivity index (χ4n) is 5.10. The van der Waals surface area contributed by atoms with Gasteiger partial charge in [0, 0.05) is 44.2 Å². The Kier molecular flexibility index (Phi) is 4.93. The third kappa shape index (κ3) is 3.53. The SMILES string of the molecule is O=C1CC[C@@H]2CN(Cc3ccoc3)CC[C@@H]2N1CC1CCCCC1. The van der Waals surface area contributed by atoms with E-state index < -0.39 is 0 Å². The van der Waals surface area contributed by atoms with Crippen molar-refractivity contribution in [2.75, 3.05) is 19.6 Å². The Morgan fingerprint density at radius 2 is 2.00 bits per heavy atom. The molecule has 24 heavy (non-hydrogen) atoms. The number of fused-ring (bicyclic) bond motifs is 1. The Balaban J connectivity index is 1.37. The van der Waals surface area contributed by atoms with Gasteiger partial charge in [0.1, 0.15) is 0 Å². The summed E-state index contributed by atoms with van der Waals surface area (Å²) in [4.78, 5) is 17.4. The van der Waals surface area contributed by atoms with Gasteiger partial charge in [0.25, 0.3) is 0 Å². The largest absolute Gasteiger partial charge is 0.472 e. The van der Waals surface area contributed by atoms with Crippen LogP contribution in [0.5, 0.6) is 0 Å². The normalized spacial score (nSPS) is 29.7. The summed E-state index contributed by atoms with van der Waals surface area (Å²) in [6, 6.07) is 2.56. The Morgan fingerprint density at radius 3 is 2.79 bits per heavy atom. The zero-order valence-electron chi connectivity index (χ0n) is 14.7. The molecule has 1 saturated carbocycles. The molecule has 132 valence electrons. The number of carbonyl (C=O) groups is 1. The van der Waals surface area contributed by atoms with Crippen LogP contribution in [0.1, 0.15) is 56.9 Å². The van der Waals surface area contributed by atoms with Crippen LogP contribution in [0.15, 0.2) is 23.0 Å². The first kappa shape index (κ1) is 16.2. The predicted molar refractivity (Wildman–Crippen MR) is 93.4 cm³/mol. The lowest BCUT2D eigenvalue weighted by Gasteiger charge is -2.48. The number of rotatable bonds is 4. The summed E-state index contributed by atoms with van der Waals surface area (Å²) in [6.45, 7) is 4.24. The molecular weight excluding hydrogens is 300 g/mol. The fourth-order valence-corrected chi connectivity index (χ4v) is 5.10. The summed E-state index contributed by atoms with van der Waals surface area (Å²) in [5, 5.41) is 0. The number of piperidine rings is 2. The molecule has 2 atom stereocenters. The molecule has 0 unspecified atom stereocenters. The van der Waals surface area contributed by atoms with E-state index in [-0.39, 0.29) is 0 Å². The molecule has 1 aromatic rings. The third-order valence-electron chi connectivity index (χ3n) is 6.39. The standard InChI is InChI=1S/C20H30N2O2/c23-20-7-6-18-14-21(12-17-9-11-24-15-17)10-8-19(18)22(20)13-16-4-2-1-3-5-16/h9,11,15-16,18-19H,1-8,10,12-14H2/t18-,19+/m1/s1. The topological polar surface area (TPSA) is 36.7 Å². The number of hydrogen-bond acceptors (Lipinski definition) is 3. The maximum absolute atomic E-state index is 12.6. The Bertz CT molecular complexity index is 536. The highest BCUT2D eigenvalue weighted by atomic mass is 16.3. The summed E-state index contributed by atoms with van der Waals surface area (Å²) in [5.74, 6) is 1.84. The third-order valence-corrected chi connectivity index (χ3v) is 6.39. The highest BCUT2D eigenvalue weighted by Crippen LogP contribution is 2.34. The lowest BCUT2D eigenvalue weighted by molar-refractivity contribution is -0.142. The van der Waals surface area contributed by atoms with Crippen LogP contribution in [0.25, 0.3) is 0 Å². The molecule has 0 spiro atoms. The van der Waals surface area contributed by atoms with Crippen molar-refractivity contribution in [3.63, 3.8) is 0 Å². The second kappa shape index (κ2) is 7.30. The van der Waals surface area contributed by atoms with Gasteiger partial charge in [0.05, 0.1) is 12.5 Å². The van der Waals surface area contributed by atoms with Gasteiger partial charge in [-0.25, -0.2) is 0 Å². The summed E-state index contributed by atoms with van der Waals surface area (Å²) in [6.07, 6.45) is 13.3. The highest BCUT2D eigenvalue weighted by molar-refractivity contribution is 5.77. The molecule has 0 N–H and O–H groups in total. The molecule has 1 aliphatic carbocycles. The van der Waals surface area contributed by atoms with E-state index in [4.69, 9.17) is 4.42 Å². The smallest absolute Gasteiger partial charge is 0.222 e. The maximum atomic E-state index is 12.6. The van der Waals surface area contributed by atoms with Crippen molar-refractivity contribution in [3.8, 4) is 0 Å². The number of likely N-dealkylation sites (tertiary alicyclic amines) is 2. The monoisotopic (exact) mass is 330 g/mol. The van der Waals surface area contributed by atoms with Crippen LogP contribution in [0.4, 0.5) is 0 Å². The maximum Gasteiger partial charge on any atom is 0.222 e. The molecule has 0 aromatic carbocycles. The molecule has 1 amide bonds. The van der Waals surface area contributed by atoms with E-state index in [1.165, 1.54) is 37.7 Å². The van der Waals surface area contributed by atoms with Crippen molar-refractivity contribution in [2.45, 2.75) is 64.0 Å². The molecule has 2 saturated heterocycles. The number of furan rings is 1. The molecule has 4 heteroatoms. The fraction of sp³-hybridized carbons (Fsp3) is 0.750. The minimum absolute atomic E-state index is 0.421. The zero-order chi connectivity index (χ0) is 16.4. The highest BCUT2D eigenvalue weighted by Gasteiger charge is 2.39. The van der Waals surface area contributed by atoms with Crippen molar-refractivity contribution in [1.82, 2.24) is 9.80 Å². The summed E-state index contributed by atoms with van der Waals surface area (Å²) in [7, 11) is 0. The molecule has 3 aliphatic rings. The van der Waals surface area contributed by atoms with E-state index in [0.29, 0.717) is 17.9 Å². The molecule has 4 nitrogen and oxygen atoms in total. The molecule has 2 aliphatic heterocycles. The van der Waals surface area contributed by atoms with E-state index in [9.17, 15) is 4.79 Å². The number of carbonyl (C=O) groups excluding carboxylic acids is 1. The lowest BCUT2D eigenvalue weighted by Crippen LogP contribution is -2.56.